The zero-order chi connectivity index (χ0) is 19.7. The molecule has 1 saturated carbocycles. The molecule has 1 aliphatic rings. The summed E-state index contributed by atoms with van der Waals surface area (Å²) >= 11 is 0. The molecule has 1 aliphatic carbocycles. The molecule has 3 aromatic rings. The summed E-state index contributed by atoms with van der Waals surface area (Å²) in [5.74, 6) is 0.718. The number of fused-ring (bicyclic) bond motifs is 1. The maximum absolute atomic E-state index is 11.9. The highest BCUT2D eigenvalue weighted by atomic mass is 16.3. The number of aryl methyl sites for hydroxylation is 1. The number of anilines is 1. The number of aliphatic hydroxyl groups is 1. The molecular formula is C21H23N5O2. The predicted molar refractivity (Wildman–Crippen MR) is 107 cm³/mol. The van der Waals surface area contributed by atoms with Crippen LogP contribution >= 0.6 is 0 Å². The monoisotopic (exact) mass is 377 g/mol. The van der Waals surface area contributed by atoms with Crippen LogP contribution in [-0.2, 0) is 4.79 Å². The molecule has 0 unspecified atom stereocenters. The minimum absolute atomic E-state index is 0.0349. The van der Waals surface area contributed by atoms with Crippen molar-refractivity contribution in [2.75, 3.05) is 5.32 Å². The predicted octanol–water partition coefficient (Wildman–Crippen LogP) is 3.58. The number of hydrogen-bond donors (Lipinski definition) is 2. The Morgan fingerprint density at radius 2 is 1.93 bits per heavy atom. The third-order valence-corrected chi connectivity index (χ3v) is 4.95. The van der Waals surface area contributed by atoms with Gasteiger partial charge in [-0.1, -0.05) is 13.3 Å². The van der Waals surface area contributed by atoms with Crippen molar-refractivity contribution in [1.82, 2.24) is 20.2 Å². The van der Waals surface area contributed by atoms with Crippen LogP contribution in [0.1, 0.15) is 50.0 Å². The summed E-state index contributed by atoms with van der Waals surface area (Å²) in [7, 11) is 0. The van der Waals surface area contributed by atoms with E-state index in [0.717, 1.165) is 35.6 Å². The summed E-state index contributed by atoms with van der Waals surface area (Å²) in [5, 5.41) is 23.2. The van der Waals surface area contributed by atoms with Gasteiger partial charge in [-0.15, -0.1) is 5.10 Å². The molecule has 1 fully saturated rings. The molecule has 0 aromatic carbocycles. The van der Waals surface area contributed by atoms with Gasteiger partial charge in [0.05, 0.1) is 17.5 Å². The van der Waals surface area contributed by atoms with E-state index in [1.54, 1.807) is 12.4 Å². The fraction of sp³-hybridized carbons (Fsp3) is 0.381. The minimum atomic E-state index is -0.594. The molecule has 3 aromatic heterocycles. The van der Waals surface area contributed by atoms with Gasteiger partial charge in [-0.2, -0.15) is 5.10 Å². The van der Waals surface area contributed by atoms with Crippen molar-refractivity contribution in [3.8, 4) is 11.4 Å². The van der Waals surface area contributed by atoms with Gasteiger partial charge < -0.3 is 10.4 Å². The van der Waals surface area contributed by atoms with Crippen molar-refractivity contribution >= 4 is 22.5 Å². The summed E-state index contributed by atoms with van der Waals surface area (Å²) in [5.41, 5.74) is 2.88. The number of hydrogen-bond acceptors (Lipinski definition) is 6. The van der Waals surface area contributed by atoms with Crippen LogP contribution < -0.4 is 5.32 Å². The zero-order valence-electron chi connectivity index (χ0n) is 16.0. The van der Waals surface area contributed by atoms with Crippen molar-refractivity contribution in [3.63, 3.8) is 0 Å². The highest BCUT2D eigenvalue weighted by Gasteiger charge is 2.29. The molecule has 4 rings (SSSR count). The van der Waals surface area contributed by atoms with Crippen LogP contribution in [0.25, 0.3) is 22.2 Å². The second-order valence-corrected chi connectivity index (χ2v) is 7.36. The molecule has 1 amide bonds. The Morgan fingerprint density at radius 1 is 1.18 bits per heavy atom. The maximum Gasteiger partial charge on any atom is 0.228 e. The van der Waals surface area contributed by atoms with Gasteiger partial charge in [0, 0.05) is 29.1 Å². The van der Waals surface area contributed by atoms with Gasteiger partial charge in [-0.25, -0.2) is 4.98 Å². The molecule has 0 saturated heterocycles. The van der Waals surface area contributed by atoms with E-state index in [4.69, 9.17) is 0 Å². The van der Waals surface area contributed by atoms with E-state index in [0.29, 0.717) is 29.3 Å². The minimum Gasteiger partial charge on any atom is -0.387 e. The number of aromatic nitrogens is 4. The average molecular weight is 377 g/mol. The van der Waals surface area contributed by atoms with E-state index in [9.17, 15) is 9.90 Å². The molecule has 28 heavy (non-hydrogen) atoms. The van der Waals surface area contributed by atoms with Crippen molar-refractivity contribution in [3.05, 3.63) is 41.9 Å². The number of pyridine rings is 2. The summed E-state index contributed by atoms with van der Waals surface area (Å²) < 4.78 is 0. The molecule has 7 heteroatoms. The van der Waals surface area contributed by atoms with Gasteiger partial charge in [-0.3, -0.25) is 9.78 Å². The topological polar surface area (TPSA) is 101 Å². The number of nitrogens with zero attached hydrogens (tertiary/aromatic N) is 4. The number of amides is 1. The highest BCUT2D eigenvalue weighted by Crippen LogP contribution is 2.30. The van der Waals surface area contributed by atoms with Crippen molar-refractivity contribution in [2.24, 2.45) is 5.92 Å². The van der Waals surface area contributed by atoms with E-state index in [1.165, 1.54) is 0 Å². The molecule has 0 bridgehead atoms. The van der Waals surface area contributed by atoms with Gasteiger partial charge in [0.25, 0.3) is 0 Å². The number of carbonyl (C=O) groups is 1. The molecule has 1 atom stereocenters. The summed E-state index contributed by atoms with van der Waals surface area (Å²) in [6, 6.07) is 5.60. The lowest BCUT2D eigenvalue weighted by atomic mass is 10.1. The normalized spacial score (nSPS) is 14.8. The Balaban J connectivity index is 1.59. The van der Waals surface area contributed by atoms with E-state index in [1.807, 2.05) is 32.0 Å². The van der Waals surface area contributed by atoms with Crippen LogP contribution in [0.4, 0.5) is 5.82 Å². The second kappa shape index (κ2) is 7.59. The molecular weight excluding hydrogens is 354 g/mol. The largest absolute Gasteiger partial charge is 0.387 e. The first-order valence-corrected chi connectivity index (χ1v) is 9.64. The lowest BCUT2D eigenvalue weighted by Gasteiger charge is -2.11. The summed E-state index contributed by atoms with van der Waals surface area (Å²) in [6.07, 6.45) is 6.34. The van der Waals surface area contributed by atoms with Gasteiger partial charge in [0.2, 0.25) is 5.91 Å². The Kier molecular flexibility index (Phi) is 5.00. The van der Waals surface area contributed by atoms with Crippen LogP contribution in [0.5, 0.6) is 0 Å². The molecule has 0 aliphatic heterocycles. The van der Waals surface area contributed by atoms with Crippen LogP contribution in [0, 0.1) is 12.8 Å². The highest BCUT2D eigenvalue weighted by molar-refractivity contribution is 5.95. The van der Waals surface area contributed by atoms with E-state index in [2.05, 4.69) is 25.5 Å². The number of nitrogens with one attached hydrogen (secondary N) is 1. The Labute approximate surface area is 163 Å². The first-order valence-electron chi connectivity index (χ1n) is 9.64. The first kappa shape index (κ1) is 18.4. The fourth-order valence-corrected chi connectivity index (χ4v) is 3.15. The Morgan fingerprint density at radius 3 is 2.64 bits per heavy atom. The molecule has 144 valence electrons. The summed E-state index contributed by atoms with van der Waals surface area (Å²) in [6.45, 7) is 3.96. The average Bonchev–Trinajstić information content (AvgIpc) is 3.53. The van der Waals surface area contributed by atoms with E-state index in [-0.39, 0.29) is 11.8 Å². The quantitative estimate of drug-likeness (QED) is 0.681. The van der Waals surface area contributed by atoms with Crippen LogP contribution in [-0.4, -0.2) is 31.2 Å². The van der Waals surface area contributed by atoms with Crippen LogP contribution in [0.2, 0.25) is 0 Å². The van der Waals surface area contributed by atoms with Gasteiger partial charge >= 0.3 is 0 Å². The lowest BCUT2D eigenvalue weighted by Crippen LogP contribution is -2.14. The van der Waals surface area contributed by atoms with Crippen LogP contribution in [0.3, 0.4) is 0 Å². The first-order chi connectivity index (χ1) is 13.5. The summed E-state index contributed by atoms with van der Waals surface area (Å²) in [4.78, 5) is 20.8. The molecule has 0 spiro atoms. The van der Waals surface area contributed by atoms with Crippen molar-refractivity contribution < 1.29 is 9.90 Å². The molecule has 0 radical (unpaired) electrons. The van der Waals surface area contributed by atoms with Gasteiger partial charge in [-0.05, 0) is 49.9 Å². The van der Waals surface area contributed by atoms with E-state index < -0.39 is 6.10 Å². The number of aliphatic hydroxyl groups excluding tert-OH is 1. The van der Waals surface area contributed by atoms with Crippen LogP contribution in [0.15, 0.2) is 30.6 Å². The molecule has 2 N–H and O–H groups in total. The van der Waals surface area contributed by atoms with Gasteiger partial charge in [0.15, 0.2) is 0 Å². The van der Waals surface area contributed by atoms with E-state index >= 15 is 0 Å². The smallest absolute Gasteiger partial charge is 0.228 e. The zero-order valence-corrected chi connectivity index (χ0v) is 16.0. The van der Waals surface area contributed by atoms with Crippen molar-refractivity contribution in [1.29, 1.82) is 0 Å². The van der Waals surface area contributed by atoms with Crippen molar-refractivity contribution in [2.45, 2.75) is 45.6 Å². The van der Waals surface area contributed by atoms with Gasteiger partial charge in [0.1, 0.15) is 11.5 Å². The standard InChI is InChI=1S/C21H23N5O2/c1-3-4-18(27)16-7-12(2)20(26-25-16)17-8-14-11-23-19(9-15(14)10-22-17)24-21(28)13-5-6-13/h7-11,13,18,27H,3-6H2,1-2H3,(H,23,24,28)/t18-/m1/s1. The third kappa shape index (κ3) is 3.84. The number of carbonyl (C=O) groups excluding carboxylic acids is 1. The third-order valence-electron chi connectivity index (χ3n) is 4.95. The maximum atomic E-state index is 11.9. The lowest BCUT2D eigenvalue weighted by molar-refractivity contribution is -0.117. The Hall–Kier alpha value is -2.93. The molecule has 3 heterocycles. The molecule has 7 nitrogen and oxygen atoms in total. The Bertz CT molecular complexity index is 1030. The number of rotatable bonds is 6. The fourth-order valence-electron chi connectivity index (χ4n) is 3.15. The second-order valence-electron chi connectivity index (χ2n) is 7.36. The SMILES string of the molecule is CCC[C@@H](O)c1cc(C)c(-c2cc3cnc(NC(=O)C4CC4)cc3cn2)nn1.